The Morgan fingerprint density at radius 1 is 1.16 bits per heavy atom. The van der Waals surface area contributed by atoms with Crippen LogP contribution in [0.25, 0.3) is 16.3 Å². The normalized spacial score (nSPS) is 11.7. The third-order valence-corrected chi connectivity index (χ3v) is 6.17. The van der Waals surface area contributed by atoms with Crippen molar-refractivity contribution in [3.05, 3.63) is 92.9 Å². The van der Waals surface area contributed by atoms with Crippen LogP contribution in [-0.2, 0) is 0 Å². The summed E-state index contributed by atoms with van der Waals surface area (Å²) in [6.45, 7) is 1.88. The number of nitrogens with zero attached hydrogens (tertiary/aromatic N) is 3. The van der Waals surface area contributed by atoms with Gasteiger partial charge < -0.3 is 5.32 Å². The summed E-state index contributed by atoms with van der Waals surface area (Å²) in [5.74, 6) is -0.436. The van der Waals surface area contributed by atoms with Gasteiger partial charge in [-0.2, -0.15) is 10.4 Å². The standard InChI is InChI=1S/C23H16Cl2N4OS/c1-14(15-6-3-2-4-7-15)27-23(30)21-17(13-26)22(20-8-5-11-31-20)29(28-21)19-10-9-16(24)12-18(19)25/h2-12,14H,1H3,(H,27,30). The number of carbonyl (C=O) groups is 1. The molecule has 2 aromatic carbocycles. The first-order valence-corrected chi connectivity index (χ1v) is 11.0. The molecule has 31 heavy (non-hydrogen) atoms. The lowest BCUT2D eigenvalue weighted by Crippen LogP contribution is -2.27. The lowest BCUT2D eigenvalue weighted by Gasteiger charge is -2.13. The van der Waals surface area contributed by atoms with Crippen molar-refractivity contribution in [2.75, 3.05) is 0 Å². The molecule has 5 nitrogen and oxygen atoms in total. The van der Waals surface area contributed by atoms with Gasteiger partial charge in [0.25, 0.3) is 5.91 Å². The maximum Gasteiger partial charge on any atom is 0.273 e. The van der Waals surface area contributed by atoms with Gasteiger partial charge in [0.15, 0.2) is 5.69 Å². The number of amides is 1. The van der Waals surface area contributed by atoms with Crippen LogP contribution in [0, 0.1) is 11.3 Å². The Balaban J connectivity index is 1.82. The van der Waals surface area contributed by atoms with Gasteiger partial charge >= 0.3 is 0 Å². The largest absolute Gasteiger partial charge is 0.344 e. The van der Waals surface area contributed by atoms with Gasteiger partial charge in [-0.25, -0.2) is 4.68 Å². The number of rotatable bonds is 5. The van der Waals surface area contributed by atoms with Crippen LogP contribution >= 0.6 is 34.5 Å². The third-order valence-electron chi connectivity index (χ3n) is 4.75. The summed E-state index contributed by atoms with van der Waals surface area (Å²) in [7, 11) is 0. The zero-order chi connectivity index (χ0) is 22.0. The summed E-state index contributed by atoms with van der Waals surface area (Å²) in [6.07, 6.45) is 0. The van der Waals surface area contributed by atoms with Crippen LogP contribution in [0.1, 0.15) is 34.6 Å². The Labute approximate surface area is 193 Å². The molecule has 0 bridgehead atoms. The molecule has 0 fully saturated rings. The highest BCUT2D eigenvalue weighted by atomic mass is 35.5. The van der Waals surface area contributed by atoms with E-state index in [1.807, 2.05) is 54.8 Å². The molecule has 0 saturated carbocycles. The van der Waals surface area contributed by atoms with Gasteiger partial charge in [-0.15, -0.1) is 11.3 Å². The minimum atomic E-state index is -0.436. The van der Waals surface area contributed by atoms with Crippen LogP contribution in [0.4, 0.5) is 0 Å². The van der Waals surface area contributed by atoms with Crippen molar-refractivity contribution in [3.8, 4) is 22.3 Å². The first-order chi connectivity index (χ1) is 15.0. The molecule has 154 valence electrons. The molecule has 2 aromatic heterocycles. The zero-order valence-electron chi connectivity index (χ0n) is 16.3. The van der Waals surface area contributed by atoms with E-state index in [1.54, 1.807) is 18.2 Å². The van der Waals surface area contributed by atoms with E-state index in [-0.39, 0.29) is 17.3 Å². The third kappa shape index (κ3) is 4.21. The Morgan fingerprint density at radius 2 is 1.94 bits per heavy atom. The van der Waals surface area contributed by atoms with Crippen LogP contribution in [0.3, 0.4) is 0 Å². The molecule has 0 aliphatic carbocycles. The number of nitriles is 1. The van der Waals surface area contributed by atoms with Crippen LogP contribution in [-0.4, -0.2) is 15.7 Å². The Bertz CT molecular complexity index is 1280. The zero-order valence-corrected chi connectivity index (χ0v) is 18.7. The van der Waals surface area contributed by atoms with Crippen molar-refractivity contribution >= 4 is 40.4 Å². The smallest absolute Gasteiger partial charge is 0.273 e. The highest BCUT2D eigenvalue weighted by molar-refractivity contribution is 7.13. The van der Waals surface area contributed by atoms with Crippen molar-refractivity contribution in [2.24, 2.45) is 0 Å². The second-order valence-electron chi connectivity index (χ2n) is 6.77. The SMILES string of the molecule is CC(NC(=O)c1nn(-c2ccc(Cl)cc2Cl)c(-c2cccs2)c1C#N)c1ccccc1. The van der Waals surface area contributed by atoms with Crippen molar-refractivity contribution in [3.63, 3.8) is 0 Å². The van der Waals surface area contributed by atoms with Gasteiger partial charge in [0.2, 0.25) is 0 Å². The highest BCUT2D eigenvalue weighted by Crippen LogP contribution is 2.35. The summed E-state index contributed by atoms with van der Waals surface area (Å²) < 4.78 is 1.53. The van der Waals surface area contributed by atoms with E-state index >= 15 is 0 Å². The fraction of sp³-hybridized carbons (Fsp3) is 0.0870. The summed E-state index contributed by atoms with van der Waals surface area (Å²) in [6, 6.07) is 20.2. The van der Waals surface area contributed by atoms with Crippen molar-refractivity contribution in [1.29, 1.82) is 5.26 Å². The molecule has 1 amide bonds. The molecular formula is C23H16Cl2N4OS. The summed E-state index contributed by atoms with van der Waals surface area (Å²) in [4.78, 5) is 13.9. The predicted molar refractivity (Wildman–Crippen MR) is 124 cm³/mol. The van der Waals surface area contributed by atoms with E-state index in [0.717, 1.165) is 10.4 Å². The molecule has 0 aliphatic rings. The minimum absolute atomic E-state index is 0.0414. The second-order valence-corrected chi connectivity index (χ2v) is 8.57. The molecule has 0 aliphatic heterocycles. The molecule has 1 unspecified atom stereocenters. The number of halogens is 2. The fourth-order valence-corrected chi connectivity index (χ4v) is 4.49. The fourth-order valence-electron chi connectivity index (χ4n) is 3.24. The van der Waals surface area contributed by atoms with Gasteiger partial charge in [-0.1, -0.05) is 59.6 Å². The molecule has 0 saturated heterocycles. The first kappa shape index (κ1) is 21.1. The summed E-state index contributed by atoms with van der Waals surface area (Å²) in [5, 5.41) is 20.1. The van der Waals surface area contributed by atoms with Crippen LogP contribution in [0.2, 0.25) is 10.0 Å². The molecule has 0 spiro atoms. The monoisotopic (exact) mass is 466 g/mol. The van der Waals surface area contributed by atoms with E-state index in [0.29, 0.717) is 21.4 Å². The number of hydrogen-bond donors (Lipinski definition) is 1. The van der Waals surface area contributed by atoms with E-state index in [4.69, 9.17) is 23.2 Å². The number of hydrogen-bond acceptors (Lipinski definition) is 4. The minimum Gasteiger partial charge on any atom is -0.344 e. The van der Waals surface area contributed by atoms with Crippen LogP contribution in [0.15, 0.2) is 66.0 Å². The molecule has 0 radical (unpaired) electrons. The molecule has 4 aromatic rings. The average molecular weight is 467 g/mol. The number of benzene rings is 2. The summed E-state index contributed by atoms with van der Waals surface area (Å²) >= 11 is 13.9. The predicted octanol–water partition coefficient (Wildman–Crippen LogP) is 6.27. The Hall–Kier alpha value is -3.11. The Kier molecular flexibility index (Phi) is 6.10. The lowest BCUT2D eigenvalue weighted by molar-refractivity contribution is 0.0934. The number of carbonyl (C=O) groups excluding carboxylic acids is 1. The van der Waals surface area contributed by atoms with Gasteiger partial charge in [0.1, 0.15) is 17.3 Å². The molecule has 1 N–H and O–H groups in total. The maximum absolute atomic E-state index is 13.1. The van der Waals surface area contributed by atoms with Gasteiger partial charge in [-0.05, 0) is 42.1 Å². The molecular weight excluding hydrogens is 451 g/mol. The van der Waals surface area contributed by atoms with Gasteiger partial charge in [-0.3, -0.25) is 4.79 Å². The Morgan fingerprint density at radius 3 is 2.58 bits per heavy atom. The molecule has 2 heterocycles. The van der Waals surface area contributed by atoms with E-state index in [1.165, 1.54) is 16.0 Å². The molecule has 1 atom stereocenters. The van der Waals surface area contributed by atoms with Crippen LogP contribution in [0.5, 0.6) is 0 Å². The number of nitrogens with one attached hydrogen (secondary N) is 1. The lowest BCUT2D eigenvalue weighted by atomic mass is 10.1. The first-order valence-electron chi connectivity index (χ1n) is 9.38. The quantitative estimate of drug-likeness (QED) is 0.376. The number of thiophene rings is 1. The topological polar surface area (TPSA) is 70.7 Å². The maximum atomic E-state index is 13.1. The highest BCUT2D eigenvalue weighted by Gasteiger charge is 2.27. The van der Waals surface area contributed by atoms with Gasteiger partial charge in [0.05, 0.1) is 21.6 Å². The molecule has 4 rings (SSSR count). The van der Waals surface area contributed by atoms with Gasteiger partial charge in [0, 0.05) is 5.02 Å². The summed E-state index contributed by atoms with van der Waals surface area (Å²) in [5.41, 5.74) is 2.22. The van der Waals surface area contributed by atoms with Crippen molar-refractivity contribution in [1.82, 2.24) is 15.1 Å². The van der Waals surface area contributed by atoms with E-state index in [9.17, 15) is 10.1 Å². The second kappa shape index (κ2) is 8.94. The van der Waals surface area contributed by atoms with Crippen molar-refractivity contribution < 1.29 is 4.79 Å². The molecule has 8 heteroatoms. The van der Waals surface area contributed by atoms with Crippen LogP contribution < -0.4 is 5.32 Å². The van der Waals surface area contributed by atoms with E-state index < -0.39 is 5.91 Å². The van der Waals surface area contributed by atoms with E-state index in [2.05, 4.69) is 16.5 Å². The number of aromatic nitrogens is 2. The average Bonchev–Trinajstić information content (AvgIpc) is 3.41. The van der Waals surface area contributed by atoms with Crippen molar-refractivity contribution in [2.45, 2.75) is 13.0 Å².